The number of aromatic nitrogens is 1. The number of fused-ring (bicyclic) bond motifs is 1. The van der Waals surface area contributed by atoms with Gasteiger partial charge in [-0.25, -0.2) is 0 Å². The van der Waals surface area contributed by atoms with Crippen LogP contribution in [-0.4, -0.2) is 21.8 Å². The Hall–Kier alpha value is -2.24. The Kier molecular flexibility index (Phi) is 3.23. The van der Waals surface area contributed by atoms with Crippen molar-refractivity contribution in [2.45, 2.75) is 12.0 Å². The third-order valence-electron chi connectivity index (χ3n) is 3.45. The number of anilines is 1. The molecule has 1 aliphatic rings. The number of rotatable bonds is 3. The average Bonchev–Trinajstić information content (AvgIpc) is 2.72. The smallest absolute Gasteiger partial charge is 0.261 e. The molecule has 1 aliphatic heterocycles. The maximum Gasteiger partial charge on any atom is 0.261 e. The van der Waals surface area contributed by atoms with Gasteiger partial charge in [0.25, 0.3) is 5.91 Å². The van der Waals surface area contributed by atoms with Crippen molar-refractivity contribution in [3.63, 3.8) is 0 Å². The Morgan fingerprint density at radius 2 is 2.19 bits per heavy atom. The number of aliphatic hydroxyl groups is 1. The predicted octanol–water partition coefficient (Wildman–Crippen LogP) is 2.15. The van der Waals surface area contributed by atoms with Crippen LogP contribution in [0.2, 0.25) is 5.02 Å². The number of benzene rings is 1. The van der Waals surface area contributed by atoms with Gasteiger partial charge < -0.3 is 10.4 Å². The highest BCUT2D eigenvalue weighted by atomic mass is 35.5. The molecule has 1 atom stereocenters. The molecule has 5 nitrogen and oxygen atoms in total. The van der Waals surface area contributed by atoms with Gasteiger partial charge in [-0.2, -0.15) is 0 Å². The van der Waals surface area contributed by atoms with E-state index < -0.39 is 11.5 Å². The van der Waals surface area contributed by atoms with Crippen LogP contribution >= 0.6 is 11.6 Å². The Morgan fingerprint density at radius 3 is 2.90 bits per heavy atom. The lowest BCUT2D eigenvalue weighted by molar-refractivity contribution is -0.133. The highest BCUT2D eigenvalue weighted by Gasteiger charge is 2.46. The molecule has 6 heteroatoms. The summed E-state index contributed by atoms with van der Waals surface area (Å²) in [6, 6.07) is 7.91. The Bertz CT molecular complexity index is 733. The fourth-order valence-corrected chi connectivity index (χ4v) is 2.53. The molecule has 1 amide bonds. The molecule has 0 bridgehead atoms. The molecule has 0 aliphatic carbocycles. The van der Waals surface area contributed by atoms with Crippen molar-refractivity contribution >= 4 is 29.0 Å². The standard InChI is InChI=1S/C15H11ClN2O3/c16-10-3-4-12-11(6-10)15(21,14(20)18-12)7-13(19)9-2-1-5-17-8-9/h1-6,8,21H,7H2,(H,18,20). The zero-order valence-electron chi connectivity index (χ0n) is 10.8. The maximum atomic E-state index is 12.2. The van der Waals surface area contributed by atoms with Gasteiger partial charge >= 0.3 is 0 Å². The molecule has 3 rings (SSSR count). The van der Waals surface area contributed by atoms with E-state index in [-0.39, 0.29) is 12.2 Å². The summed E-state index contributed by atoms with van der Waals surface area (Å²) < 4.78 is 0. The van der Waals surface area contributed by atoms with Gasteiger partial charge in [-0.3, -0.25) is 14.6 Å². The predicted molar refractivity (Wildman–Crippen MR) is 77.2 cm³/mol. The normalized spacial score (nSPS) is 20.0. The third-order valence-corrected chi connectivity index (χ3v) is 3.69. The molecule has 2 aromatic rings. The highest BCUT2D eigenvalue weighted by Crippen LogP contribution is 2.40. The molecule has 1 unspecified atom stereocenters. The topological polar surface area (TPSA) is 79.3 Å². The average molecular weight is 303 g/mol. The summed E-state index contributed by atoms with van der Waals surface area (Å²) >= 11 is 5.91. The molecular weight excluding hydrogens is 292 g/mol. The van der Waals surface area contributed by atoms with Crippen molar-refractivity contribution in [3.05, 3.63) is 58.9 Å². The molecule has 0 saturated heterocycles. The van der Waals surface area contributed by atoms with Crippen molar-refractivity contribution < 1.29 is 14.7 Å². The maximum absolute atomic E-state index is 12.2. The number of Topliss-reactive ketones (excluding diaryl/α,β-unsaturated/α-hetero) is 1. The fraction of sp³-hybridized carbons (Fsp3) is 0.133. The number of halogens is 1. The minimum atomic E-state index is -1.91. The van der Waals surface area contributed by atoms with E-state index in [1.165, 1.54) is 12.3 Å². The van der Waals surface area contributed by atoms with Gasteiger partial charge in [-0.15, -0.1) is 0 Å². The second kappa shape index (κ2) is 4.95. The van der Waals surface area contributed by atoms with Crippen LogP contribution in [0.5, 0.6) is 0 Å². The Morgan fingerprint density at radius 1 is 1.38 bits per heavy atom. The first-order valence-corrected chi connectivity index (χ1v) is 6.65. The van der Waals surface area contributed by atoms with Crippen molar-refractivity contribution in [2.75, 3.05) is 5.32 Å². The van der Waals surface area contributed by atoms with E-state index in [9.17, 15) is 14.7 Å². The SMILES string of the molecule is O=C(CC1(O)C(=O)Nc2ccc(Cl)cc21)c1cccnc1. The van der Waals surface area contributed by atoms with Crippen LogP contribution in [0.3, 0.4) is 0 Å². The quantitative estimate of drug-likeness (QED) is 0.851. The van der Waals surface area contributed by atoms with Crippen molar-refractivity contribution in [2.24, 2.45) is 0 Å². The Balaban J connectivity index is 1.97. The van der Waals surface area contributed by atoms with Crippen LogP contribution in [0.25, 0.3) is 0 Å². The number of nitrogens with zero attached hydrogens (tertiary/aromatic N) is 1. The van der Waals surface area contributed by atoms with Gasteiger partial charge in [0.05, 0.1) is 6.42 Å². The van der Waals surface area contributed by atoms with Crippen molar-refractivity contribution in [1.29, 1.82) is 0 Å². The summed E-state index contributed by atoms with van der Waals surface area (Å²) in [6.45, 7) is 0. The highest BCUT2D eigenvalue weighted by molar-refractivity contribution is 6.31. The number of hydrogen-bond donors (Lipinski definition) is 2. The molecule has 2 N–H and O–H groups in total. The van der Waals surface area contributed by atoms with Gasteiger partial charge in [-0.1, -0.05) is 11.6 Å². The molecular formula is C15H11ClN2O3. The van der Waals surface area contributed by atoms with Crippen LogP contribution in [0.4, 0.5) is 5.69 Å². The molecule has 2 heterocycles. The van der Waals surface area contributed by atoms with Gasteiger partial charge in [0, 0.05) is 34.2 Å². The molecule has 0 spiro atoms. The van der Waals surface area contributed by atoms with Crippen LogP contribution in [0.1, 0.15) is 22.3 Å². The molecule has 21 heavy (non-hydrogen) atoms. The minimum Gasteiger partial charge on any atom is -0.375 e. The molecule has 1 aromatic carbocycles. The van der Waals surface area contributed by atoms with E-state index in [1.54, 1.807) is 30.5 Å². The van der Waals surface area contributed by atoms with E-state index in [0.29, 0.717) is 21.8 Å². The number of amides is 1. The zero-order chi connectivity index (χ0) is 15.0. The lowest BCUT2D eigenvalue weighted by Gasteiger charge is -2.20. The number of nitrogens with one attached hydrogen (secondary N) is 1. The van der Waals surface area contributed by atoms with E-state index in [2.05, 4.69) is 10.3 Å². The van der Waals surface area contributed by atoms with Crippen molar-refractivity contribution in [1.82, 2.24) is 4.98 Å². The first-order valence-electron chi connectivity index (χ1n) is 6.28. The summed E-state index contributed by atoms with van der Waals surface area (Å²) in [6.07, 6.45) is 2.58. The molecule has 0 fully saturated rings. The minimum absolute atomic E-state index is 0.317. The largest absolute Gasteiger partial charge is 0.375 e. The molecule has 1 aromatic heterocycles. The lowest BCUT2D eigenvalue weighted by atomic mass is 9.88. The summed E-state index contributed by atoms with van der Waals surface area (Å²) in [5.74, 6) is -0.995. The summed E-state index contributed by atoms with van der Waals surface area (Å²) in [5.41, 5.74) is -0.787. The molecule has 106 valence electrons. The Labute approximate surface area is 125 Å². The molecule has 0 radical (unpaired) electrons. The van der Waals surface area contributed by atoms with E-state index in [1.807, 2.05) is 0 Å². The second-order valence-electron chi connectivity index (χ2n) is 4.85. The van der Waals surface area contributed by atoms with Crippen LogP contribution in [0.15, 0.2) is 42.7 Å². The fourth-order valence-electron chi connectivity index (χ4n) is 2.35. The molecule has 0 saturated carbocycles. The van der Waals surface area contributed by atoms with Gasteiger partial charge in [0.2, 0.25) is 0 Å². The summed E-state index contributed by atoms with van der Waals surface area (Å²) in [4.78, 5) is 28.1. The van der Waals surface area contributed by atoms with E-state index >= 15 is 0 Å². The number of ketones is 1. The monoisotopic (exact) mass is 302 g/mol. The van der Waals surface area contributed by atoms with Gasteiger partial charge in [0.1, 0.15) is 0 Å². The number of carbonyl (C=O) groups is 2. The first kappa shape index (κ1) is 13.7. The van der Waals surface area contributed by atoms with Crippen molar-refractivity contribution in [3.8, 4) is 0 Å². The van der Waals surface area contributed by atoms with Gasteiger partial charge in [-0.05, 0) is 30.3 Å². The number of carbonyl (C=O) groups excluding carboxylic acids is 2. The van der Waals surface area contributed by atoms with E-state index in [4.69, 9.17) is 11.6 Å². The number of pyridine rings is 1. The first-order chi connectivity index (χ1) is 10.0. The summed E-state index contributed by atoms with van der Waals surface area (Å²) in [5, 5.41) is 13.6. The van der Waals surface area contributed by atoms with Crippen LogP contribution < -0.4 is 5.32 Å². The lowest BCUT2D eigenvalue weighted by Crippen LogP contribution is -2.36. The van der Waals surface area contributed by atoms with E-state index in [0.717, 1.165) is 0 Å². The van der Waals surface area contributed by atoms with Crippen LogP contribution in [0, 0.1) is 0 Å². The second-order valence-corrected chi connectivity index (χ2v) is 5.28. The van der Waals surface area contributed by atoms with Crippen LogP contribution in [-0.2, 0) is 10.4 Å². The zero-order valence-corrected chi connectivity index (χ0v) is 11.6. The number of hydrogen-bond acceptors (Lipinski definition) is 4. The van der Waals surface area contributed by atoms with Gasteiger partial charge in [0.15, 0.2) is 11.4 Å². The summed E-state index contributed by atoms with van der Waals surface area (Å²) in [7, 11) is 0. The third kappa shape index (κ3) is 2.30.